The van der Waals surface area contributed by atoms with Crippen molar-refractivity contribution in [3.05, 3.63) is 47.0 Å². The minimum absolute atomic E-state index is 0.147. The molecule has 0 saturated heterocycles. The van der Waals surface area contributed by atoms with E-state index >= 15 is 0 Å². The van der Waals surface area contributed by atoms with Crippen molar-refractivity contribution < 1.29 is 14.3 Å². The number of fused-ring (bicyclic) bond motifs is 2. The predicted octanol–water partition coefficient (Wildman–Crippen LogP) is 4.38. The van der Waals surface area contributed by atoms with Gasteiger partial charge >= 0.3 is 0 Å². The Morgan fingerprint density at radius 1 is 1.23 bits per heavy atom. The highest BCUT2D eigenvalue weighted by Crippen LogP contribution is 2.35. The van der Waals surface area contributed by atoms with Crippen molar-refractivity contribution in [3.8, 4) is 11.5 Å². The van der Waals surface area contributed by atoms with Gasteiger partial charge in [0.05, 0.1) is 10.2 Å². The summed E-state index contributed by atoms with van der Waals surface area (Å²) in [4.78, 5) is 22.1. The minimum atomic E-state index is -0.712. The highest BCUT2D eigenvalue weighted by atomic mass is 35.5. The summed E-state index contributed by atoms with van der Waals surface area (Å²) in [5.41, 5.74) is 1.86. The quantitative estimate of drug-likeness (QED) is 0.563. The summed E-state index contributed by atoms with van der Waals surface area (Å²) in [7, 11) is 4.04. The van der Waals surface area contributed by atoms with Crippen LogP contribution in [-0.2, 0) is 4.79 Å². The van der Waals surface area contributed by atoms with E-state index in [0.29, 0.717) is 28.2 Å². The van der Waals surface area contributed by atoms with E-state index in [0.717, 1.165) is 28.7 Å². The van der Waals surface area contributed by atoms with Gasteiger partial charge in [0.15, 0.2) is 16.6 Å². The molecule has 0 N–H and O–H groups in total. The number of aromatic nitrogens is 1. The molecule has 0 radical (unpaired) electrons. The third-order valence-corrected chi connectivity index (χ3v) is 6.15. The zero-order chi connectivity index (χ0) is 21.3. The number of anilines is 1. The first-order valence-corrected chi connectivity index (χ1v) is 11.0. The van der Waals surface area contributed by atoms with Crippen LogP contribution in [0.3, 0.4) is 0 Å². The summed E-state index contributed by atoms with van der Waals surface area (Å²) < 4.78 is 12.7. The van der Waals surface area contributed by atoms with Crippen molar-refractivity contribution in [1.29, 1.82) is 0 Å². The number of benzene rings is 2. The zero-order valence-electron chi connectivity index (χ0n) is 17.2. The maximum atomic E-state index is 13.5. The number of nitrogens with zero attached hydrogens (tertiary/aromatic N) is 3. The van der Waals surface area contributed by atoms with Gasteiger partial charge < -0.3 is 14.4 Å². The Bertz CT molecular complexity index is 1070. The van der Waals surface area contributed by atoms with Gasteiger partial charge in [0, 0.05) is 11.6 Å². The van der Waals surface area contributed by atoms with Crippen LogP contribution in [0, 0.1) is 6.92 Å². The first-order chi connectivity index (χ1) is 14.4. The first kappa shape index (κ1) is 20.9. The third kappa shape index (κ3) is 4.38. The molecule has 0 aliphatic carbocycles. The van der Waals surface area contributed by atoms with Crippen LogP contribution in [0.5, 0.6) is 11.5 Å². The predicted molar refractivity (Wildman–Crippen MR) is 121 cm³/mol. The maximum Gasteiger partial charge on any atom is 0.273 e. The lowest BCUT2D eigenvalue weighted by Crippen LogP contribution is -2.47. The van der Waals surface area contributed by atoms with Crippen molar-refractivity contribution in [2.24, 2.45) is 0 Å². The van der Waals surface area contributed by atoms with Gasteiger partial charge in [-0.15, -0.1) is 0 Å². The van der Waals surface area contributed by atoms with Gasteiger partial charge in [-0.3, -0.25) is 9.69 Å². The number of halogens is 1. The van der Waals surface area contributed by atoms with E-state index in [1.54, 1.807) is 4.90 Å². The second kappa shape index (κ2) is 8.79. The van der Waals surface area contributed by atoms with Crippen LogP contribution < -0.4 is 14.4 Å². The lowest BCUT2D eigenvalue weighted by Gasteiger charge is -2.29. The molecule has 8 heteroatoms. The van der Waals surface area contributed by atoms with Gasteiger partial charge in [-0.2, -0.15) is 0 Å². The lowest BCUT2D eigenvalue weighted by molar-refractivity contribution is -0.127. The van der Waals surface area contributed by atoms with Gasteiger partial charge in [0.1, 0.15) is 6.61 Å². The molecule has 158 valence electrons. The molecule has 1 unspecified atom stereocenters. The standard InChI is InChI=1S/C22H24ClN3O3S/c1-14-11-15(23)12-19-20(14)24-22(30-19)26(10-6-9-25(2)3)21(27)18-13-28-16-7-4-5-8-17(16)29-18/h4-5,7-8,11-12,18H,6,9-10,13H2,1-3H3. The minimum Gasteiger partial charge on any atom is -0.485 e. The lowest BCUT2D eigenvalue weighted by atomic mass is 10.2. The van der Waals surface area contributed by atoms with Gasteiger partial charge in [-0.1, -0.05) is 35.1 Å². The molecule has 30 heavy (non-hydrogen) atoms. The molecular formula is C22H24ClN3O3S. The van der Waals surface area contributed by atoms with E-state index in [-0.39, 0.29) is 12.5 Å². The number of rotatable bonds is 6. The fourth-order valence-corrected chi connectivity index (χ4v) is 4.87. The summed E-state index contributed by atoms with van der Waals surface area (Å²) in [6.07, 6.45) is 0.106. The van der Waals surface area contributed by atoms with Crippen LogP contribution in [0.15, 0.2) is 36.4 Å². The van der Waals surface area contributed by atoms with E-state index in [2.05, 4.69) is 4.90 Å². The van der Waals surface area contributed by atoms with Crippen LogP contribution in [-0.4, -0.2) is 55.7 Å². The smallest absolute Gasteiger partial charge is 0.273 e. The van der Waals surface area contributed by atoms with Crippen LogP contribution in [0.25, 0.3) is 10.2 Å². The van der Waals surface area contributed by atoms with Crippen molar-refractivity contribution >= 4 is 44.2 Å². The maximum absolute atomic E-state index is 13.5. The topological polar surface area (TPSA) is 54.9 Å². The molecule has 2 aromatic carbocycles. The Morgan fingerprint density at radius 2 is 2.00 bits per heavy atom. The number of carbonyl (C=O) groups excluding carboxylic acids is 1. The number of carbonyl (C=O) groups is 1. The van der Waals surface area contributed by atoms with E-state index in [1.165, 1.54) is 11.3 Å². The van der Waals surface area contributed by atoms with Crippen LogP contribution in [0.2, 0.25) is 5.02 Å². The van der Waals surface area contributed by atoms with Crippen LogP contribution in [0.4, 0.5) is 5.13 Å². The molecule has 1 aliphatic heterocycles. The molecule has 6 nitrogen and oxygen atoms in total. The molecule has 0 saturated carbocycles. The first-order valence-electron chi connectivity index (χ1n) is 9.83. The second-order valence-electron chi connectivity index (χ2n) is 7.58. The number of amides is 1. The highest BCUT2D eigenvalue weighted by molar-refractivity contribution is 7.22. The molecule has 0 spiro atoms. The number of para-hydroxylation sites is 2. The Hall–Kier alpha value is -2.35. The molecule has 2 heterocycles. The molecule has 3 aromatic rings. The molecule has 1 aliphatic rings. The Morgan fingerprint density at radius 3 is 2.77 bits per heavy atom. The van der Waals surface area contributed by atoms with E-state index < -0.39 is 6.10 Å². The van der Waals surface area contributed by atoms with Crippen molar-refractivity contribution in [3.63, 3.8) is 0 Å². The van der Waals surface area contributed by atoms with Gasteiger partial charge in [0.25, 0.3) is 5.91 Å². The number of ether oxygens (including phenoxy) is 2. The second-order valence-corrected chi connectivity index (χ2v) is 9.02. The molecule has 1 amide bonds. The van der Waals surface area contributed by atoms with Crippen molar-refractivity contribution in [1.82, 2.24) is 9.88 Å². The Labute approximate surface area is 185 Å². The fraction of sp³-hybridized carbons (Fsp3) is 0.364. The number of hydrogen-bond acceptors (Lipinski definition) is 6. The molecular weight excluding hydrogens is 422 g/mol. The summed E-state index contributed by atoms with van der Waals surface area (Å²) >= 11 is 7.69. The number of thiazole rings is 1. The zero-order valence-corrected chi connectivity index (χ0v) is 18.8. The van der Waals surface area contributed by atoms with E-state index in [4.69, 9.17) is 26.1 Å². The Kier molecular flexibility index (Phi) is 6.13. The molecule has 1 atom stereocenters. The number of hydrogen-bond donors (Lipinski definition) is 0. The van der Waals surface area contributed by atoms with Gasteiger partial charge in [0.2, 0.25) is 6.10 Å². The summed E-state index contributed by atoms with van der Waals surface area (Å²) in [5.74, 6) is 1.10. The largest absolute Gasteiger partial charge is 0.485 e. The van der Waals surface area contributed by atoms with Crippen LogP contribution in [0.1, 0.15) is 12.0 Å². The highest BCUT2D eigenvalue weighted by Gasteiger charge is 2.33. The van der Waals surface area contributed by atoms with Gasteiger partial charge in [-0.05, 0) is 63.8 Å². The average molecular weight is 446 g/mol. The molecule has 4 rings (SSSR count). The van der Waals surface area contributed by atoms with Gasteiger partial charge in [-0.25, -0.2) is 4.98 Å². The SMILES string of the molecule is Cc1cc(Cl)cc2sc(N(CCCN(C)C)C(=O)C3COc4ccccc4O3)nc12. The fourth-order valence-electron chi connectivity index (χ4n) is 3.42. The summed E-state index contributed by atoms with van der Waals surface area (Å²) in [5, 5.41) is 1.32. The molecule has 1 aromatic heterocycles. The normalized spacial score (nSPS) is 15.6. The average Bonchev–Trinajstić information content (AvgIpc) is 3.14. The van der Waals surface area contributed by atoms with E-state index in [9.17, 15) is 4.79 Å². The number of aryl methyl sites for hydroxylation is 1. The monoisotopic (exact) mass is 445 g/mol. The Balaban J connectivity index is 1.63. The van der Waals surface area contributed by atoms with Crippen molar-refractivity contribution in [2.75, 3.05) is 38.7 Å². The third-order valence-electron chi connectivity index (χ3n) is 4.91. The molecule has 0 bridgehead atoms. The molecule has 0 fully saturated rings. The van der Waals surface area contributed by atoms with E-state index in [1.807, 2.05) is 57.4 Å². The van der Waals surface area contributed by atoms with Crippen molar-refractivity contribution in [2.45, 2.75) is 19.4 Å². The summed E-state index contributed by atoms with van der Waals surface area (Å²) in [6, 6.07) is 11.2. The summed E-state index contributed by atoms with van der Waals surface area (Å²) in [6.45, 7) is 3.57. The van der Waals surface area contributed by atoms with Crippen LogP contribution >= 0.6 is 22.9 Å².